The Morgan fingerprint density at radius 1 is 0.336 bits per heavy atom. The summed E-state index contributed by atoms with van der Waals surface area (Å²) in [7, 11) is 4.06. The van der Waals surface area contributed by atoms with Gasteiger partial charge in [-0.15, -0.1) is 0 Å². The number of H-pyrrole nitrogens is 8. The van der Waals surface area contributed by atoms with Gasteiger partial charge < -0.3 is 35.9 Å². The molecule has 20 aromatic heterocycles. The number of anilines is 1. The van der Waals surface area contributed by atoms with Crippen molar-refractivity contribution >= 4 is 94.0 Å². The minimum atomic E-state index is -0.331. The quantitative estimate of drug-likeness (QED) is 0.0357. The predicted octanol–water partition coefficient (Wildman–Crippen LogP) is 20.0. The molecule has 35 heteroatoms. The van der Waals surface area contributed by atoms with E-state index in [2.05, 4.69) is 149 Å². The van der Waals surface area contributed by atoms with E-state index in [1.807, 2.05) is 81.5 Å². The zero-order valence-corrected chi connectivity index (χ0v) is 73.0. The molecule has 137 heavy (non-hydrogen) atoms. The summed E-state index contributed by atoms with van der Waals surface area (Å²) in [5.41, 5.74) is 32.5. The molecule has 1 aliphatic carbocycles. The third kappa shape index (κ3) is 17.3. The molecule has 0 atom stereocenters. The number of rotatable bonds is 18. The van der Waals surface area contributed by atoms with Crippen LogP contribution in [0.25, 0.3) is 223 Å². The van der Waals surface area contributed by atoms with Crippen LogP contribution >= 0.6 is 0 Å². The average Bonchev–Trinajstić information content (AvgIpc) is 1.63. The van der Waals surface area contributed by atoms with Crippen LogP contribution < -0.4 is 11.1 Å². The predicted molar refractivity (Wildman–Crippen MR) is 517 cm³/mol. The van der Waals surface area contributed by atoms with Crippen molar-refractivity contribution < 1.29 is 17.6 Å². The van der Waals surface area contributed by atoms with Crippen molar-refractivity contribution in [3.05, 3.63) is 310 Å². The van der Waals surface area contributed by atoms with Crippen LogP contribution in [-0.2, 0) is 13.1 Å². The summed E-state index contributed by atoms with van der Waals surface area (Å²) < 4.78 is 55.7. The lowest BCUT2D eigenvalue weighted by atomic mass is 10.1. The van der Waals surface area contributed by atoms with Crippen LogP contribution in [0, 0.1) is 29.2 Å². The molecule has 31 nitrogen and oxygen atoms in total. The molecule has 0 aliphatic heterocycles. The van der Waals surface area contributed by atoms with Gasteiger partial charge in [0.1, 0.15) is 57.1 Å². The van der Waals surface area contributed by atoms with Crippen molar-refractivity contribution in [2.45, 2.75) is 38.8 Å². The van der Waals surface area contributed by atoms with Crippen LogP contribution in [-0.4, -0.2) is 166 Å². The van der Waals surface area contributed by atoms with Crippen molar-refractivity contribution in [1.29, 1.82) is 0 Å². The summed E-state index contributed by atoms with van der Waals surface area (Å²) >= 11 is 0. The van der Waals surface area contributed by atoms with Gasteiger partial charge in [0.05, 0.1) is 85.1 Å². The van der Waals surface area contributed by atoms with Gasteiger partial charge in [0.15, 0.2) is 45.9 Å². The first-order valence-electron chi connectivity index (χ1n) is 43.8. The van der Waals surface area contributed by atoms with Gasteiger partial charge in [0.2, 0.25) is 0 Å². The third-order valence-corrected chi connectivity index (χ3v) is 23.9. The van der Waals surface area contributed by atoms with E-state index in [9.17, 15) is 17.6 Å². The number of nitrogens with two attached hydrogens (primary N) is 1. The average molecular weight is 1810 g/mol. The first-order valence-corrected chi connectivity index (χ1v) is 43.8. The van der Waals surface area contributed by atoms with E-state index in [1.165, 1.54) is 62.1 Å². The summed E-state index contributed by atoms with van der Waals surface area (Å²) in [6, 6.07) is 43.9. The van der Waals surface area contributed by atoms with Crippen LogP contribution in [0.15, 0.2) is 276 Å². The Morgan fingerprint density at radius 2 is 0.693 bits per heavy atom. The lowest BCUT2D eigenvalue weighted by Gasteiger charge is -2.11. The number of hydrogen-bond donors (Lipinski definition) is 10. The summed E-state index contributed by atoms with van der Waals surface area (Å²) in [5.74, 6) is 1.96. The maximum absolute atomic E-state index is 14.4. The van der Waals surface area contributed by atoms with Gasteiger partial charge in [-0.05, 0) is 147 Å². The van der Waals surface area contributed by atoms with Crippen LogP contribution in [0.5, 0.6) is 0 Å². The highest BCUT2D eigenvalue weighted by atomic mass is 19.1. The molecule has 11 N–H and O–H groups in total. The molecule has 668 valence electrons. The van der Waals surface area contributed by atoms with E-state index < -0.39 is 0 Å². The van der Waals surface area contributed by atoms with Gasteiger partial charge in [-0.2, -0.15) is 20.4 Å². The molecule has 0 bridgehead atoms. The maximum Gasteiger partial charge on any atom is 0.181 e. The van der Waals surface area contributed by atoms with Gasteiger partial charge in [0, 0.05) is 190 Å². The number of hydrogen-bond acceptors (Lipinski definition) is 23. The van der Waals surface area contributed by atoms with E-state index >= 15 is 0 Å². The standard InChI is InChI=1S/C30H27FN8.C26H21FN8.C23H15FN8.C23H14FN7/c31-23-7-5-20(6-8-23)25-16-34-17-26-27(25)37-30(36-26)28-24-10-22(15-35-29(24)39-38-28)21-9-19(13-33-14-21)12-32-11-18-3-1-2-4-18;1-35(2)14-15-7-17(10-28-9-15)18-8-20-24(33-34-25(20)30-11-18)26-31-22-13-29-12-21(23(22)32-26)16-3-5-19(27)6-4-16;24-18-4-2-1-3-15(18)17-10-27-11-19-20(17)30-23(29-19)21-16-6-13(8-28-22(16)32-31-21)12-5-14(25)9-26-7-12;24-18-6-2-1-5-15(18)17-11-26-12-19-20(17)29-23(28-19)21-16-8-14(10-27-22(16)31-30-21)13-4-3-7-25-9-13/h5-10,13-18,32H,1-4,11-12H2,(H,36,37)(H,35,38,39);3-13H,14H2,1-2H3,(H,31,32)(H,30,33,34);1-11H,25H2,(H,29,30)(H,28,31,32);1-12H,(H,28,29)(H,27,30,31). The lowest BCUT2D eigenvalue weighted by molar-refractivity contribution is 0.402. The zero-order chi connectivity index (χ0) is 92.6. The number of aromatic amines is 8. The minimum absolute atomic E-state index is 0.282. The zero-order valence-electron chi connectivity index (χ0n) is 73.0. The van der Waals surface area contributed by atoms with E-state index in [0.29, 0.717) is 107 Å². The molecule has 25 rings (SSSR count). The number of pyridine rings is 12. The molecule has 0 amide bonds. The van der Waals surface area contributed by atoms with Gasteiger partial charge in [-0.1, -0.05) is 79.6 Å². The highest BCUT2D eigenvalue weighted by Crippen LogP contribution is 2.40. The molecule has 1 saturated carbocycles. The Morgan fingerprint density at radius 3 is 1.09 bits per heavy atom. The second kappa shape index (κ2) is 36.6. The Labute approximate surface area is 774 Å². The Balaban J connectivity index is 0.000000106. The fourth-order valence-corrected chi connectivity index (χ4v) is 17.2. The minimum Gasteiger partial charge on any atom is -0.397 e. The van der Waals surface area contributed by atoms with Crippen LogP contribution in [0.4, 0.5) is 23.2 Å². The molecule has 20 heterocycles. The van der Waals surface area contributed by atoms with Crippen molar-refractivity contribution in [3.63, 3.8) is 0 Å². The summed E-state index contributed by atoms with van der Waals surface area (Å²) in [5, 5.41) is 36.5. The molecule has 0 saturated heterocycles. The molecule has 0 unspecified atom stereocenters. The normalized spacial score (nSPS) is 12.2. The topological polar surface area (TPSA) is 425 Å². The number of halogens is 4. The maximum atomic E-state index is 14.4. The highest BCUT2D eigenvalue weighted by Gasteiger charge is 2.25. The fourth-order valence-electron chi connectivity index (χ4n) is 17.2. The Bertz CT molecular complexity index is 8590. The van der Waals surface area contributed by atoms with E-state index in [4.69, 9.17) is 25.7 Å². The monoisotopic (exact) mass is 1810 g/mol. The number of nitrogen functional groups attached to an aromatic ring is 1. The van der Waals surface area contributed by atoms with Gasteiger partial charge in [0.25, 0.3) is 0 Å². The fraction of sp³-hybridized carbons (Fsp3) is 0.0980. The second-order valence-corrected chi connectivity index (χ2v) is 33.4. The molecular formula is C102H77F4N31. The first kappa shape index (κ1) is 84.4. The third-order valence-electron chi connectivity index (χ3n) is 23.9. The molecular weight excluding hydrogens is 1740 g/mol. The molecule has 0 spiro atoms. The van der Waals surface area contributed by atoms with Crippen molar-refractivity contribution in [2.24, 2.45) is 5.92 Å². The summed E-state index contributed by atoms with van der Waals surface area (Å²) in [4.78, 5) is 87.1. The molecule has 24 aromatic rings. The number of aromatic nitrogens is 28. The van der Waals surface area contributed by atoms with Crippen molar-refractivity contribution in [1.82, 2.24) is 151 Å². The Kier molecular flexibility index (Phi) is 22.5. The first-order chi connectivity index (χ1) is 67.2. The number of nitrogens with zero attached hydrogens (tertiary/aromatic N) is 21. The lowest BCUT2D eigenvalue weighted by Crippen LogP contribution is -2.20. The molecule has 4 aromatic carbocycles. The number of nitrogens with one attached hydrogen (secondary N) is 9. The Hall–Kier alpha value is -18.1. The summed E-state index contributed by atoms with van der Waals surface area (Å²) in [6.45, 7) is 2.66. The van der Waals surface area contributed by atoms with E-state index in [0.717, 1.165) is 158 Å². The summed E-state index contributed by atoms with van der Waals surface area (Å²) in [6.07, 6.45) is 40.4. The highest BCUT2D eigenvalue weighted by molar-refractivity contribution is 6.02. The number of fused-ring (bicyclic) bond motifs is 8. The van der Waals surface area contributed by atoms with Gasteiger partial charge in [-0.3, -0.25) is 60.3 Å². The van der Waals surface area contributed by atoms with E-state index in [-0.39, 0.29) is 23.3 Å². The SMILES string of the molecule is CN(C)Cc1cncc(-c2cnc3n[nH]c(-c4nc5c(-c6ccc(F)cc6)cncc5[nH]4)c3c2)c1.Fc1ccc(-c2cncc3[nH]c(-c4[nH]nc5ncc(-c6cncc(CNCC7CCCC7)c6)cc45)nc23)cc1.Fc1ccccc1-c1cncc2[nH]c(-c3[nH]nc4ncc(-c5cccnc5)cc34)nc12.Nc1cncc(-c2cnc3n[nH]c(-c4nc5c(-c6ccccc6F)cncc5[nH]4)c3c2)c1. The largest absolute Gasteiger partial charge is 0.397 e. The molecule has 1 fully saturated rings. The molecule has 1 aliphatic rings. The van der Waals surface area contributed by atoms with Crippen LogP contribution in [0.1, 0.15) is 36.8 Å². The van der Waals surface area contributed by atoms with E-state index in [1.54, 1.807) is 154 Å². The van der Waals surface area contributed by atoms with Gasteiger partial charge in [-0.25, -0.2) is 57.4 Å². The van der Waals surface area contributed by atoms with Crippen molar-refractivity contribution in [2.75, 3.05) is 26.4 Å². The van der Waals surface area contributed by atoms with Crippen LogP contribution in [0.3, 0.4) is 0 Å². The van der Waals surface area contributed by atoms with Gasteiger partial charge >= 0.3 is 0 Å². The van der Waals surface area contributed by atoms with Crippen molar-refractivity contribution in [3.8, 4) is 135 Å². The van der Waals surface area contributed by atoms with Crippen LogP contribution in [0.2, 0.25) is 0 Å². The number of imidazole rings is 4. The number of benzene rings is 4. The molecule has 0 radical (unpaired) electrons. The second-order valence-electron chi connectivity index (χ2n) is 33.4. The smallest absolute Gasteiger partial charge is 0.181 e.